The van der Waals surface area contributed by atoms with Gasteiger partial charge in [-0.15, -0.1) is 0 Å². The molecule has 1 aromatic carbocycles. The maximum atomic E-state index is 11.8. The van der Waals surface area contributed by atoms with Gasteiger partial charge in [0.05, 0.1) is 5.56 Å². The number of phenolic OH excluding ortho intramolecular Hbond substituents is 1. The molecule has 1 unspecified atom stereocenters. The average molecular weight is 278 g/mol. The fourth-order valence-electron chi connectivity index (χ4n) is 2.02. The summed E-state index contributed by atoms with van der Waals surface area (Å²) in [6.07, 6.45) is 1.29. The molecule has 0 saturated carbocycles. The highest BCUT2D eigenvalue weighted by atomic mass is 16.5. The van der Waals surface area contributed by atoms with Gasteiger partial charge in [0.1, 0.15) is 11.9 Å². The fourth-order valence-corrected chi connectivity index (χ4v) is 2.02. The van der Waals surface area contributed by atoms with E-state index in [1.54, 1.807) is 12.1 Å². The number of para-hydroxylation sites is 1. The highest BCUT2D eigenvalue weighted by molar-refractivity contribution is 5.96. The third-order valence-corrected chi connectivity index (χ3v) is 3.08. The number of aromatic hydroxyl groups is 1. The third kappa shape index (κ3) is 3.71. The van der Waals surface area contributed by atoms with Crippen LogP contribution < -0.4 is 10.6 Å². The minimum absolute atomic E-state index is 0.0617. The summed E-state index contributed by atoms with van der Waals surface area (Å²) >= 11 is 0. The Hall–Kier alpha value is -2.08. The number of hydrogen-bond acceptors (Lipinski definition) is 4. The van der Waals surface area contributed by atoms with Gasteiger partial charge in [0, 0.05) is 19.7 Å². The Morgan fingerprint density at radius 3 is 2.70 bits per heavy atom. The van der Waals surface area contributed by atoms with E-state index in [0.29, 0.717) is 19.7 Å². The van der Waals surface area contributed by atoms with E-state index in [0.717, 1.165) is 12.8 Å². The van der Waals surface area contributed by atoms with Crippen molar-refractivity contribution in [2.24, 2.45) is 0 Å². The molecule has 1 aliphatic heterocycles. The lowest BCUT2D eigenvalue weighted by Gasteiger charge is -2.11. The lowest BCUT2D eigenvalue weighted by molar-refractivity contribution is -0.129. The molecule has 1 aromatic rings. The van der Waals surface area contributed by atoms with E-state index in [2.05, 4.69) is 10.6 Å². The van der Waals surface area contributed by atoms with Crippen LogP contribution in [0.5, 0.6) is 5.75 Å². The molecular weight excluding hydrogens is 260 g/mol. The smallest absolute Gasteiger partial charge is 0.255 e. The zero-order chi connectivity index (χ0) is 14.4. The lowest BCUT2D eigenvalue weighted by atomic mass is 10.2. The Morgan fingerprint density at radius 2 is 2.00 bits per heavy atom. The van der Waals surface area contributed by atoms with Crippen molar-refractivity contribution < 1.29 is 19.4 Å². The predicted octanol–water partition coefficient (Wildman–Crippen LogP) is 0.417. The maximum absolute atomic E-state index is 11.8. The predicted molar refractivity (Wildman–Crippen MR) is 72.4 cm³/mol. The topological polar surface area (TPSA) is 87.7 Å². The van der Waals surface area contributed by atoms with Gasteiger partial charge in [-0.3, -0.25) is 9.59 Å². The summed E-state index contributed by atoms with van der Waals surface area (Å²) < 4.78 is 5.25. The highest BCUT2D eigenvalue weighted by Crippen LogP contribution is 2.14. The van der Waals surface area contributed by atoms with Gasteiger partial charge >= 0.3 is 0 Å². The maximum Gasteiger partial charge on any atom is 0.255 e. The van der Waals surface area contributed by atoms with Gasteiger partial charge in [-0.2, -0.15) is 0 Å². The van der Waals surface area contributed by atoms with E-state index in [4.69, 9.17) is 4.74 Å². The summed E-state index contributed by atoms with van der Waals surface area (Å²) in [7, 11) is 0. The van der Waals surface area contributed by atoms with Crippen LogP contribution in [-0.2, 0) is 9.53 Å². The third-order valence-electron chi connectivity index (χ3n) is 3.08. The van der Waals surface area contributed by atoms with Crippen molar-refractivity contribution in [2.45, 2.75) is 18.9 Å². The molecule has 0 radical (unpaired) electrons. The Morgan fingerprint density at radius 1 is 1.25 bits per heavy atom. The molecule has 20 heavy (non-hydrogen) atoms. The Kier molecular flexibility index (Phi) is 4.95. The zero-order valence-corrected chi connectivity index (χ0v) is 11.1. The van der Waals surface area contributed by atoms with Crippen molar-refractivity contribution in [3.05, 3.63) is 29.8 Å². The minimum atomic E-state index is -0.366. The number of rotatable bonds is 5. The van der Waals surface area contributed by atoms with Crippen molar-refractivity contribution in [1.29, 1.82) is 0 Å². The van der Waals surface area contributed by atoms with Crippen LogP contribution in [0, 0.1) is 0 Å². The van der Waals surface area contributed by atoms with Crippen LogP contribution in [0.4, 0.5) is 0 Å². The summed E-state index contributed by atoms with van der Waals surface area (Å²) in [5.74, 6) is -0.567. The van der Waals surface area contributed by atoms with Gasteiger partial charge in [-0.05, 0) is 25.0 Å². The van der Waals surface area contributed by atoms with E-state index in [1.165, 1.54) is 12.1 Å². The summed E-state index contributed by atoms with van der Waals surface area (Å²) in [6, 6.07) is 6.31. The van der Waals surface area contributed by atoms with Crippen LogP contribution >= 0.6 is 0 Å². The van der Waals surface area contributed by atoms with Gasteiger partial charge in [0.25, 0.3) is 5.91 Å². The quantitative estimate of drug-likeness (QED) is 0.681. The molecular formula is C14H18N2O4. The lowest BCUT2D eigenvalue weighted by Crippen LogP contribution is -2.39. The van der Waals surface area contributed by atoms with Gasteiger partial charge in [0.2, 0.25) is 5.91 Å². The van der Waals surface area contributed by atoms with E-state index in [1.807, 2.05) is 0 Å². The summed E-state index contributed by atoms with van der Waals surface area (Å²) in [5, 5.41) is 14.9. The van der Waals surface area contributed by atoms with Gasteiger partial charge in [0.15, 0.2) is 0 Å². The molecule has 1 heterocycles. The fraction of sp³-hybridized carbons (Fsp3) is 0.429. The van der Waals surface area contributed by atoms with E-state index in [-0.39, 0.29) is 29.2 Å². The summed E-state index contributed by atoms with van der Waals surface area (Å²) in [6.45, 7) is 1.26. The van der Waals surface area contributed by atoms with Gasteiger partial charge in [-0.25, -0.2) is 0 Å². The zero-order valence-electron chi connectivity index (χ0n) is 11.1. The number of nitrogens with one attached hydrogen (secondary N) is 2. The Bertz CT molecular complexity index is 484. The van der Waals surface area contributed by atoms with Crippen LogP contribution in [0.1, 0.15) is 23.2 Å². The van der Waals surface area contributed by atoms with Crippen molar-refractivity contribution in [1.82, 2.24) is 10.6 Å². The van der Waals surface area contributed by atoms with Crippen molar-refractivity contribution >= 4 is 11.8 Å². The first kappa shape index (κ1) is 14.3. The highest BCUT2D eigenvalue weighted by Gasteiger charge is 2.22. The molecule has 1 fully saturated rings. The number of carbonyl (C=O) groups excluding carboxylic acids is 2. The minimum Gasteiger partial charge on any atom is -0.507 e. The second-order valence-corrected chi connectivity index (χ2v) is 4.57. The molecule has 0 aliphatic carbocycles. The molecule has 0 aromatic heterocycles. The molecule has 2 rings (SSSR count). The largest absolute Gasteiger partial charge is 0.507 e. The second-order valence-electron chi connectivity index (χ2n) is 4.57. The van der Waals surface area contributed by atoms with Gasteiger partial charge in [-0.1, -0.05) is 12.1 Å². The normalized spacial score (nSPS) is 17.7. The number of amides is 2. The van der Waals surface area contributed by atoms with Crippen LogP contribution in [0.3, 0.4) is 0 Å². The average Bonchev–Trinajstić information content (AvgIpc) is 2.98. The monoisotopic (exact) mass is 278 g/mol. The van der Waals surface area contributed by atoms with Crippen molar-refractivity contribution in [3.8, 4) is 5.75 Å². The molecule has 0 bridgehead atoms. The van der Waals surface area contributed by atoms with Crippen molar-refractivity contribution in [2.75, 3.05) is 19.7 Å². The molecule has 1 aliphatic rings. The van der Waals surface area contributed by atoms with Crippen molar-refractivity contribution in [3.63, 3.8) is 0 Å². The Balaban J connectivity index is 1.69. The molecule has 2 amide bonds. The number of ether oxygens (including phenoxy) is 1. The van der Waals surface area contributed by atoms with Gasteiger partial charge < -0.3 is 20.5 Å². The molecule has 6 nitrogen and oxygen atoms in total. The first-order valence-corrected chi connectivity index (χ1v) is 6.64. The summed E-state index contributed by atoms with van der Waals surface area (Å²) in [4.78, 5) is 23.4. The SMILES string of the molecule is O=C(NCCNC(=O)C1CCCO1)c1ccccc1O. The first-order valence-electron chi connectivity index (χ1n) is 6.64. The molecule has 0 spiro atoms. The molecule has 1 atom stereocenters. The molecule has 6 heteroatoms. The second kappa shape index (κ2) is 6.91. The van der Waals surface area contributed by atoms with Crippen LogP contribution in [0.25, 0.3) is 0 Å². The number of benzene rings is 1. The van der Waals surface area contributed by atoms with E-state index < -0.39 is 0 Å². The number of phenols is 1. The van der Waals surface area contributed by atoms with E-state index >= 15 is 0 Å². The number of carbonyl (C=O) groups is 2. The molecule has 3 N–H and O–H groups in total. The van der Waals surface area contributed by atoms with E-state index in [9.17, 15) is 14.7 Å². The summed E-state index contributed by atoms with van der Waals surface area (Å²) in [5.41, 5.74) is 0.220. The van der Waals surface area contributed by atoms with Crippen LogP contribution in [0.2, 0.25) is 0 Å². The standard InChI is InChI=1S/C14H18N2O4/c17-11-5-2-1-4-10(11)13(18)15-7-8-16-14(19)12-6-3-9-20-12/h1-2,4-5,12,17H,3,6-9H2,(H,15,18)(H,16,19). The first-order chi connectivity index (χ1) is 9.68. The van der Waals surface area contributed by atoms with Crippen LogP contribution in [0.15, 0.2) is 24.3 Å². The number of hydrogen-bond donors (Lipinski definition) is 3. The molecule has 1 saturated heterocycles. The Labute approximate surface area is 117 Å². The molecule has 108 valence electrons. The van der Waals surface area contributed by atoms with Crippen LogP contribution in [-0.4, -0.2) is 42.7 Å².